The number of aryl methyl sites for hydroxylation is 5. The maximum atomic E-state index is 12.5. The van der Waals surface area contributed by atoms with Crippen LogP contribution in [0.25, 0.3) is 60.9 Å². The van der Waals surface area contributed by atoms with Crippen molar-refractivity contribution < 1.29 is 33.4 Å². The zero-order valence-electron chi connectivity index (χ0n) is 77.4. The van der Waals surface area contributed by atoms with Crippen molar-refractivity contribution in [3.05, 3.63) is 258 Å². The number of imide groups is 2. The highest BCUT2D eigenvalue weighted by molar-refractivity contribution is 9.09. The summed E-state index contributed by atoms with van der Waals surface area (Å²) in [6, 6.07) is 42.3. The fourth-order valence-electron chi connectivity index (χ4n) is 18.3. The second-order valence-electron chi connectivity index (χ2n) is 35.6. The van der Waals surface area contributed by atoms with Gasteiger partial charge < -0.3 is 15.2 Å². The van der Waals surface area contributed by atoms with Crippen LogP contribution in [0.15, 0.2) is 185 Å². The van der Waals surface area contributed by atoms with Crippen molar-refractivity contribution in [1.82, 2.24) is 84.7 Å². The van der Waals surface area contributed by atoms with Gasteiger partial charge in [0.2, 0.25) is 17.7 Å². The van der Waals surface area contributed by atoms with Crippen molar-refractivity contribution in [1.29, 1.82) is 0 Å². The van der Waals surface area contributed by atoms with Crippen molar-refractivity contribution >= 4 is 97.3 Å². The van der Waals surface area contributed by atoms with Gasteiger partial charge in [-0.15, -0.1) is 30.6 Å². The number of aliphatic imine (C=N–C) groups is 3. The van der Waals surface area contributed by atoms with Gasteiger partial charge in [0.25, 0.3) is 5.91 Å². The third-order valence-corrected chi connectivity index (χ3v) is 27.0. The number of H-pyrrole nitrogens is 1. The number of hydrogen-bond acceptors (Lipinski definition) is 21. The third-order valence-electron chi connectivity index (χ3n) is 25.7. The number of Topliss-reactive ketones (excluding diaryl/α,β-unsaturated/α-hetero) is 1. The second kappa shape index (κ2) is 46.6. The van der Waals surface area contributed by atoms with E-state index in [9.17, 15) is 24.0 Å². The van der Waals surface area contributed by atoms with Gasteiger partial charge in [-0.3, -0.25) is 77.7 Å². The molecule has 7 aliphatic heterocycles. The lowest BCUT2D eigenvalue weighted by Gasteiger charge is -2.33. The van der Waals surface area contributed by atoms with E-state index in [1.807, 2.05) is 135 Å². The van der Waals surface area contributed by atoms with E-state index in [-0.39, 0.29) is 60.6 Å². The molecule has 6 aromatic heterocycles. The molecule has 4 unspecified atom stereocenters. The lowest BCUT2D eigenvalue weighted by atomic mass is 9.75. The summed E-state index contributed by atoms with van der Waals surface area (Å²) in [4.78, 5) is 75.5. The van der Waals surface area contributed by atoms with Crippen molar-refractivity contribution in [2.24, 2.45) is 43.1 Å². The molecule has 7 aliphatic rings. The van der Waals surface area contributed by atoms with Gasteiger partial charge in [-0.1, -0.05) is 162 Å². The molecule has 4 fully saturated rings. The van der Waals surface area contributed by atoms with E-state index in [1.54, 1.807) is 0 Å². The SMILES string of the molecule is Cc1nnc2n1-c1ccc(-c3cn[nH]c3)cc1C(c1ccc(Cl)cc1)=N[C@H]2C.Cc1nnc2n1-c1ccc(-c3cnn(CCCCCCCC4CCC5(CCC(=O)NC5=O)COC4)c3)cc1C(c1ccc(Cl)cc1)=N[C@H]2C.Cc1nnc2n1-c1ccc(-c3cnn(CCCCCCN)c3)cc1C(c1ccc(Cl)cc1)=N[C@H]2C.O=C1CCC2CC(=O)NC(=O)C2OC1.[N-]=[N+]=NCCCCCCBr. The van der Waals surface area contributed by atoms with Gasteiger partial charge in [0.15, 0.2) is 23.3 Å². The number of nitrogens with two attached hydrogens (primary N) is 1. The minimum atomic E-state index is -0.612. The number of unbranched alkanes of at least 4 members (excludes halogenated alkanes) is 10. The zero-order chi connectivity index (χ0) is 95.4. The van der Waals surface area contributed by atoms with Crippen molar-refractivity contribution in [2.75, 3.05) is 38.2 Å². The number of nitrogens with one attached hydrogen (secondary N) is 3. The van der Waals surface area contributed by atoms with E-state index in [4.69, 9.17) is 75.6 Å². The standard InChI is InChI=1S/C38H44ClN7O3.C27H30ClN7.C21H17ClN6.C9H11NO4.C6H12BrN3/c1-25-36-44-43-26(2)46(36)33-14-11-29(20-32(33)35(41-25)28-9-12-31(39)13-10-28)30-21-40-45(22-30)19-7-5-3-4-6-8-27-15-17-38(24-49-23-27)18-16-34(47)42-37(38)48;1-18-27-33-32-19(2)35(27)25-12-9-21(22-16-30-34(17-22)14-6-4-3-5-13-29)15-24(25)26(31-18)20-7-10-23(28)11-8-20;1-12-21-27-26-13(2)28(21)19-8-5-15(16-10-23-24-11-16)9-18(19)20(25-12)14-3-6-17(22)7-4-14;11-6-2-1-5-3-7(12)10-9(13)8(5)14-4-6;7-5-3-1-2-4-6-9-10-8/h9-14,20-22,25,27H,3-8,15-19,23-24H2,1-2H3,(H,42,47,48);7-12,15-18H,3-6,13-14,29H2,1-2H3;3-12H,1-2H3,(H,23,24);5,8H,1-4H2,(H,10,12,13);1-6H2/t25-,27?,38?;18-;12-;;/m000../s1. The van der Waals surface area contributed by atoms with Gasteiger partial charge in [0.05, 0.1) is 64.8 Å². The largest absolute Gasteiger partial charge is 0.380 e. The minimum Gasteiger partial charge on any atom is -0.380 e. The molecule has 19 rings (SSSR count). The first kappa shape index (κ1) is 98.4. The Balaban J connectivity index is 0.000000141. The number of halogens is 4. The number of hydrogen-bond donors (Lipinski definition) is 4. The molecule has 708 valence electrons. The van der Waals surface area contributed by atoms with E-state index < -0.39 is 17.4 Å². The van der Waals surface area contributed by atoms with Gasteiger partial charge in [-0.05, 0) is 213 Å². The molecule has 0 radical (unpaired) electrons. The molecule has 0 aliphatic carbocycles. The van der Waals surface area contributed by atoms with Crippen LogP contribution >= 0.6 is 50.7 Å². The quantitative estimate of drug-likeness (QED) is 0.00977. The summed E-state index contributed by atoms with van der Waals surface area (Å²) in [5.74, 6) is 4.40. The molecule has 136 heavy (non-hydrogen) atoms. The summed E-state index contributed by atoms with van der Waals surface area (Å²) in [5, 5.41) is 53.9. The first-order valence-corrected chi connectivity index (χ1v) is 49.2. The fourth-order valence-corrected chi connectivity index (χ4v) is 19.1. The average Bonchev–Trinajstić information content (AvgIpc) is 1.60. The number of carbonyl (C=O) groups excluding carboxylic acids is 5. The molecule has 6 aromatic carbocycles. The molecular weight excluding hydrogens is 1850 g/mol. The van der Waals surface area contributed by atoms with Crippen molar-refractivity contribution in [3.63, 3.8) is 0 Å². The van der Waals surface area contributed by atoms with Crippen LogP contribution in [-0.2, 0) is 46.5 Å². The molecule has 0 saturated carbocycles. The van der Waals surface area contributed by atoms with Gasteiger partial charge in [0, 0.05) is 145 Å². The molecule has 35 heteroatoms. The van der Waals surface area contributed by atoms with Crippen LogP contribution in [0.4, 0.5) is 0 Å². The topological polar surface area (TPSA) is 396 Å². The summed E-state index contributed by atoms with van der Waals surface area (Å²) in [5.41, 5.74) is 31.3. The van der Waals surface area contributed by atoms with Crippen LogP contribution in [-0.4, -0.2) is 165 Å². The number of ether oxygens (including phenoxy) is 2. The monoisotopic (exact) mass is 1960 g/mol. The average molecular weight is 1960 g/mol. The Morgan fingerprint density at radius 1 is 0.522 bits per heavy atom. The highest BCUT2D eigenvalue weighted by atomic mass is 79.9. The lowest BCUT2D eigenvalue weighted by molar-refractivity contribution is -0.148. The Hall–Kier alpha value is -12.1. The molecule has 1 spiro atoms. The Labute approximate surface area is 813 Å². The maximum Gasteiger partial charge on any atom is 0.255 e. The number of ketones is 1. The zero-order valence-corrected chi connectivity index (χ0v) is 81.3. The summed E-state index contributed by atoms with van der Waals surface area (Å²) < 4.78 is 21.5. The number of azide groups is 1. The van der Waals surface area contributed by atoms with Crippen molar-refractivity contribution in [2.45, 2.75) is 214 Å². The molecule has 31 nitrogen and oxygen atoms in total. The first-order valence-electron chi connectivity index (χ1n) is 47.0. The summed E-state index contributed by atoms with van der Waals surface area (Å²) in [6.07, 6.45) is 31.4. The molecular formula is C101H114BrCl3N24O7. The highest BCUT2D eigenvalue weighted by Crippen LogP contribution is 2.42. The molecule has 5 N–H and O–H groups in total. The molecule has 12 aromatic rings. The highest BCUT2D eigenvalue weighted by Gasteiger charge is 2.45. The Morgan fingerprint density at radius 3 is 1.46 bits per heavy atom. The molecule has 4 amide bonds. The Kier molecular flexibility index (Phi) is 33.7. The predicted molar refractivity (Wildman–Crippen MR) is 530 cm³/mol. The number of aromatic nitrogens is 15. The number of nitrogens with zero attached hydrogens (tertiary/aromatic N) is 20. The lowest BCUT2D eigenvalue weighted by Crippen LogP contribution is -2.50. The van der Waals surface area contributed by atoms with Gasteiger partial charge in [-0.2, -0.15) is 15.3 Å². The number of piperidine rings is 2. The predicted octanol–water partition coefficient (Wildman–Crippen LogP) is 19.9. The van der Waals surface area contributed by atoms with Gasteiger partial charge in [-0.25, -0.2) is 0 Å². The van der Waals surface area contributed by atoms with Gasteiger partial charge in [0.1, 0.15) is 48.3 Å². The van der Waals surface area contributed by atoms with Crippen LogP contribution in [0.5, 0.6) is 0 Å². The van der Waals surface area contributed by atoms with Crippen LogP contribution in [0.3, 0.4) is 0 Å². The number of fused-ring (bicyclic) bond motifs is 10. The van der Waals surface area contributed by atoms with E-state index in [1.165, 1.54) is 51.4 Å². The van der Waals surface area contributed by atoms with Crippen LogP contribution < -0.4 is 16.4 Å². The fraction of sp³-hybridized carbons (Fsp3) is 0.416. The van der Waals surface area contributed by atoms with E-state index in [0.29, 0.717) is 66.4 Å². The number of carbonyl (C=O) groups is 5. The van der Waals surface area contributed by atoms with E-state index >= 15 is 0 Å². The first-order chi connectivity index (χ1) is 66.0. The molecule has 0 bridgehead atoms. The Bertz CT molecular complexity index is 6350. The van der Waals surface area contributed by atoms with Gasteiger partial charge >= 0.3 is 0 Å². The van der Waals surface area contributed by atoms with E-state index in [0.717, 1.165) is 212 Å². The summed E-state index contributed by atoms with van der Waals surface area (Å²) in [7, 11) is 0. The summed E-state index contributed by atoms with van der Waals surface area (Å²) >= 11 is 21.9. The van der Waals surface area contributed by atoms with Crippen LogP contribution in [0.1, 0.15) is 242 Å². The normalized spacial score (nSPS) is 19.1. The van der Waals surface area contributed by atoms with Crippen LogP contribution in [0, 0.1) is 38.0 Å². The van der Waals surface area contributed by atoms with Crippen LogP contribution in [0.2, 0.25) is 15.1 Å². The minimum absolute atomic E-state index is 0.000325. The van der Waals surface area contributed by atoms with Crippen molar-refractivity contribution in [3.8, 4) is 50.4 Å². The smallest absolute Gasteiger partial charge is 0.255 e. The molecule has 4 saturated heterocycles. The summed E-state index contributed by atoms with van der Waals surface area (Å²) in [6.45, 7) is 16.4. The number of aromatic amines is 1. The van der Waals surface area contributed by atoms with E-state index in [2.05, 4.69) is 177 Å². The Morgan fingerprint density at radius 2 is 0.985 bits per heavy atom. The number of rotatable bonds is 26. The molecule has 7 atom stereocenters. The third kappa shape index (κ3) is 24.1. The number of alkyl halides is 1. The molecule has 13 heterocycles. The number of benzene rings is 6. The maximum absolute atomic E-state index is 12.5. The number of amides is 4. The second-order valence-corrected chi connectivity index (χ2v) is 37.7.